The molecule has 0 bridgehead atoms. The number of halogens is 1. The van der Waals surface area contributed by atoms with Crippen molar-refractivity contribution in [3.63, 3.8) is 0 Å². The summed E-state index contributed by atoms with van der Waals surface area (Å²) < 4.78 is 27.1. The summed E-state index contributed by atoms with van der Waals surface area (Å²) in [4.78, 5) is 20.8. The van der Waals surface area contributed by atoms with Gasteiger partial charge in [0.1, 0.15) is 11.4 Å². The van der Waals surface area contributed by atoms with Gasteiger partial charge in [0, 0.05) is 35.8 Å². The summed E-state index contributed by atoms with van der Waals surface area (Å²) in [7, 11) is 3.49. The van der Waals surface area contributed by atoms with Crippen molar-refractivity contribution in [3.05, 3.63) is 65.1 Å². The Balaban J connectivity index is 1.82. The van der Waals surface area contributed by atoms with E-state index in [1.54, 1.807) is 10.6 Å². The maximum atomic E-state index is 14.5. The molecule has 4 aromatic rings. The maximum Gasteiger partial charge on any atom is 0.419 e. The number of likely N-dealkylation sites (N-methyl/N-ethyl adjacent to an activating group) is 1. The standard InChI is InChI=1S/C28H30FN3O3/c1-16-13-19-24-18-9-7-8-10-22(18)32(27(33)35-28(2,3)4)25(24)21(30-26(19)31(16)5)15-17-11-12-23(34-6)20(29)14-17/h7-12,14,16H,13,15H2,1-6H3. The summed E-state index contributed by atoms with van der Waals surface area (Å²) in [5.74, 6) is 0.666. The smallest absolute Gasteiger partial charge is 0.419 e. The number of hydrogen-bond acceptors (Lipinski definition) is 5. The van der Waals surface area contributed by atoms with E-state index in [0.29, 0.717) is 12.1 Å². The molecule has 35 heavy (non-hydrogen) atoms. The monoisotopic (exact) mass is 475 g/mol. The van der Waals surface area contributed by atoms with Crippen molar-refractivity contribution in [1.29, 1.82) is 0 Å². The van der Waals surface area contributed by atoms with Crippen molar-refractivity contribution in [2.75, 3.05) is 19.1 Å². The molecule has 182 valence electrons. The summed E-state index contributed by atoms with van der Waals surface area (Å²) in [6.45, 7) is 7.73. The van der Waals surface area contributed by atoms with Gasteiger partial charge in [-0.1, -0.05) is 24.3 Å². The van der Waals surface area contributed by atoms with Crippen LogP contribution in [0.1, 0.15) is 44.5 Å². The van der Waals surface area contributed by atoms with Gasteiger partial charge >= 0.3 is 6.09 Å². The Kier molecular flexibility index (Phi) is 5.46. The van der Waals surface area contributed by atoms with Crippen LogP contribution in [-0.4, -0.2) is 41.4 Å². The molecule has 0 fully saturated rings. The van der Waals surface area contributed by atoms with E-state index in [-0.39, 0.29) is 11.8 Å². The summed E-state index contributed by atoms with van der Waals surface area (Å²) >= 11 is 0. The fourth-order valence-electron chi connectivity index (χ4n) is 4.94. The molecule has 2 aromatic carbocycles. The Morgan fingerprint density at radius 1 is 1.20 bits per heavy atom. The van der Waals surface area contributed by atoms with E-state index >= 15 is 0 Å². The van der Waals surface area contributed by atoms with Crippen LogP contribution in [0.2, 0.25) is 0 Å². The Morgan fingerprint density at radius 2 is 1.94 bits per heavy atom. The molecule has 1 aliphatic heterocycles. The van der Waals surface area contributed by atoms with E-state index in [4.69, 9.17) is 14.5 Å². The SMILES string of the molecule is COc1ccc(Cc2nc3c(c4c5ccccc5n(C(=O)OC(C)(C)C)c24)CC(C)N3C)cc1F. The fraction of sp³-hybridized carbons (Fsp3) is 0.357. The van der Waals surface area contributed by atoms with Crippen molar-refractivity contribution in [2.45, 2.75) is 52.2 Å². The van der Waals surface area contributed by atoms with Crippen LogP contribution in [0.5, 0.6) is 5.75 Å². The van der Waals surface area contributed by atoms with Gasteiger partial charge in [0.05, 0.1) is 23.8 Å². The third-order valence-electron chi connectivity index (χ3n) is 6.62. The van der Waals surface area contributed by atoms with Gasteiger partial charge in [-0.3, -0.25) is 0 Å². The number of carbonyl (C=O) groups is 1. The molecule has 1 atom stereocenters. The Hall–Kier alpha value is -3.61. The highest BCUT2D eigenvalue weighted by Gasteiger charge is 2.32. The largest absolute Gasteiger partial charge is 0.494 e. The summed E-state index contributed by atoms with van der Waals surface area (Å²) in [6.07, 6.45) is 0.730. The van der Waals surface area contributed by atoms with Crippen LogP contribution >= 0.6 is 0 Å². The van der Waals surface area contributed by atoms with Gasteiger partial charge in [-0.15, -0.1) is 0 Å². The van der Waals surface area contributed by atoms with Gasteiger partial charge < -0.3 is 14.4 Å². The predicted molar refractivity (Wildman–Crippen MR) is 136 cm³/mol. The molecular formula is C28H30FN3O3. The van der Waals surface area contributed by atoms with E-state index in [2.05, 4.69) is 11.8 Å². The molecule has 1 aliphatic rings. The van der Waals surface area contributed by atoms with E-state index < -0.39 is 17.5 Å². The minimum atomic E-state index is -0.660. The first kappa shape index (κ1) is 23.1. The van der Waals surface area contributed by atoms with E-state index in [1.807, 2.05) is 58.2 Å². The first-order chi connectivity index (χ1) is 16.6. The van der Waals surface area contributed by atoms with Crippen molar-refractivity contribution in [3.8, 4) is 5.75 Å². The lowest BCUT2D eigenvalue weighted by atomic mass is 10.0. The molecule has 3 heterocycles. The molecule has 0 amide bonds. The zero-order valence-corrected chi connectivity index (χ0v) is 21.0. The molecule has 2 aromatic heterocycles. The van der Waals surface area contributed by atoms with Crippen LogP contribution in [0.25, 0.3) is 21.8 Å². The second kappa shape index (κ2) is 8.26. The second-order valence-electron chi connectivity index (χ2n) is 10.2. The van der Waals surface area contributed by atoms with Crippen molar-refractivity contribution in [2.24, 2.45) is 0 Å². The molecule has 0 N–H and O–H groups in total. The number of hydrogen-bond donors (Lipinski definition) is 0. The number of aromatic nitrogens is 2. The minimum Gasteiger partial charge on any atom is -0.494 e. The van der Waals surface area contributed by atoms with Gasteiger partial charge in [-0.05, 0) is 57.9 Å². The number of benzene rings is 2. The fourth-order valence-corrected chi connectivity index (χ4v) is 4.94. The molecule has 6 nitrogen and oxygen atoms in total. The number of rotatable bonds is 3. The number of pyridine rings is 1. The topological polar surface area (TPSA) is 56.6 Å². The molecule has 0 spiro atoms. The molecule has 5 rings (SSSR count). The van der Waals surface area contributed by atoms with Crippen LogP contribution < -0.4 is 9.64 Å². The molecular weight excluding hydrogens is 445 g/mol. The normalized spacial score (nSPS) is 15.6. The molecule has 7 heteroatoms. The summed E-state index contributed by atoms with van der Waals surface area (Å²) in [5, 5.41) is 1.99. The molecule has 1 unspecified atom stereocenters. The molecule has 0 aliphatic carbocycles. The van der Waals surface area contributed by atoms with Crippen LogP contribution in [0, 0.1) is 5.82 Å². The Labute approximate surface area is 204 Å². The highest BCUT2D eigenvalue weighted by Crippen LogP contribution is 2.42. The van der Waals surface area contributed by atoms with Crippen molar-refractivity contribution in [1.82, 2.24) is 9.55 Å². The van der Waals surface area contributed by atoms with E-state index in [0.717, 1.165) is 45.2 Å². The minimum absolute atomic E-state index is 0.192. The van der Waals surface area contributed by atoms with Crippen molar-refractivity contribution >= 4 is 33.7 Å². The van der Waals surface area contributed by atoms with Gasteiger partial charge in [0.15, 0.2) is 11.6 Å². The van der Waals surface area contributed by atoms with Crippen molar-refractivity contribution < 1.29 is 18.7 Å². The van der Waals surface area contributed by atoms with Gasteiger partial charge in [-0.2, -0.15) is 0 Å². The lowest BCUT2D eigenvalue weighted by Gasteiger charge is -2.21. The highest BCUT2D eigenvalue weighted by molar-refractivity contribution is 6.15. The zero-order chi connectivity index (χ0) is 25.1. The number of fused-ring (bicyclic) bond motifs is 5. The van der Waals surface area contributed by atoms with Crippen LogP contribution in [0.3, 0.4) is 0 Å². The number of nitrogens with zero attached hydrogens (tertiary/aromatic N) is 3. The Morgan fingerprint density at radius 3 is 2.63 bits per heavy atom. The summed E-state index contributed by atoms with van der Waals surface area (Å²) in [5.41, 5.74) is 3.40. The summed E-state index contributed by atoms with van der Waals surface area (Å²) in [6, 6.07) is 13.1. The third kappa shape index (κ3) is 3.89. The van der Waals surface area contributed by atoms with Crippen LogP contribution in [0.4, 0.5) is 15.0 Å². The first-order valence-electron chi connectivity index (χ1n) is 11.8. The number of methoxy groups -OCH3 is 1. The number of anilines is 1. The highest BCUT2D eigenvalue weighted by atomic mass is 19.1. The zero-order valence-electron chi connectivity index (χ0n) is 21.0. The lowest BCUT2D eigenvalue weighted by molar-refractivity contribution is 0.0551. The first-order valence-corrected chi connectivity index (χ1v) is 11.8. The van der Waals surface area contributed by atoms with Crippen LogP contribution in [0.15, 0.2) is 42.5 Å². The number of carbonyl (C=O) groups excluding carboxylic acids is 1. The molecule has 0 saturated heterocycles. The predicted octanol–water partition coefficient (Wildman–Crippen LogP) is 6.09. The average Bonchev–Trinajstić information content (AvgIpc) is 3.28. The van der Waals surface area contributed by atoms with Crippen LogP contribution in [-0.2, 0) is 17.6 Å². The third-order valence-corrected chi connectivity index (χ3v) is 6.62. The second-order valence-corrected chi connectivity index (χ2v) is 10.2. The average molecular weight is 476 g/mol. The van der Waals surface area contributed by atoms with Gasteiger partial charge in [0.2, 0.25) is 0 Å². The molecule has 0 radical (unpaired) electrons. The lowest BCUT2D eigenvalue weighted by Crippen LogP contribution is -2.27. The van der Waals surface area contributed by atoms with E-state index in [1.165, 1.54) is 13.2 Å². The Bertz CT molecular complexity index is 1470. The quantitative estimate of drug-likeness (QED) is 0.359. The van der Waals surface area contributed by atoms with E-state index in [9.17, 15) is 9.18 Å². The maximum absolute atomic E-state index is 14.5. The number of ether oxygens (including phenoxy) is 2. The van der Waals surface area contributed by atoms with Gasteiger partial charge in [0.25, 0.3) is 0 Å². The molecule has 0 saturated carbocycles. The number of para-hydroxylation sites is 1. The van der Waals surface area contributed by atoms with Gasteiger partial charge in [-0.25, -0.2) is 18.7 Å².